The van der Waals surface area contributed by atoms with E-state index in [1.54, 1.807) is 19.5 Å². The summed E-state index contributed by atoms with van der Waals surface area (Å²) in [7, 11) is 1.60. The fourth-order valence-electron chi connectivity index (χ4n) is 0.832. The Morgan fingerprint density at radius 1 is 1.43 bits per heavy atom. The summed E-state index contributed by atoms with van der Waals surface area (Å²) in [5.41, 5.74) is 6.05. The molecule has 0 fully saturated rings. The summed E-state index contributed by atoms with van der Waals surface area (Å²) in [5, 5.41) is 0. The van der Waals surface area contributed by atoms with Gasteiger partial charge in [-0.25, -0.2) is 0 Å². The molecular formula is C11H14N2O. The molecule has 0 unspecified atom stereocenters. The molecule has 0 amide bonds. The summed E-state index contributed by atoms with van der Waals surface area (Å²) in [5.74, 6) is 6.56. The van der Waals surface area contributed by atoms with Gasteiger partial charge in [-0.15, -0.1) is 0 Å². The third kappa shape index (κ3) is 3.46. The lowest BCUT2D eigenvalue weighted by Crippen LogP contribution is -2.29. The van der Waals surface area contributed by atoms with E-state index in [0.717, 1.165) is 5.56 Å². The summed E-state index contributed by atoms with van der Waals surface area (Å²) in [6.07, 6.45) is 3.32. The predicted molar refractivity (Wildman–Crippen MR) is 55.9 cm³/mol. The van der Waals surface area contributed by atoms with Crippen LogP contribution in [0.15, 0.2) is 18.5 Å². The standard InChI is InChI=1S/C11H14N2O/c1-11(2,12)5-4-9-6-10(14-3)8-13-7-9/h6-8H,12H2,1-3H3. The van der Waals surface area contributed by atoms with Crippen LogP contribution in [0.3, 0.4) is 0 Å². The molecule has 0 bridgehead atoms. The predicted octanol–water partition coefficient (Wildman–Crippen LogP) is 1.18. The second-order valence-electron chi connectivity index (χ2n) is 3.59. The normalized spacial score (nSPS) is 10.3. The van der Waals surface area contributed by atoms with E-state index in [1.807, 2.05) is 19.9 Å². The van der Waals surface area contributed by atoms with Crippen molar-refractivity contribution < 1.29 is 4.74 Å². The number of ether oxygens (including phenoxy) is 1. The van der Waals surface area contributed by atoms with E-state index in [-0.39, 0.29) is 0 Å². The van der Waals surface area contributed by atoms with Crippen molar-refractivity contribution in [2.75, 3.05) is 7.11 Å². The molecule has 1 aromatic heterocycles. The molecule has 0 aliphatic rings. The third-order valence-corrected chi connectivity index (χ3v) is 1.48. The van der Waals surface area contributed by atoms with Crippen LogP contribution in [0, 0.1) is 11.8 Å². The van der Waals surface area contributed by atoms with Gasteiger partial charge in [-0.2, -0.15) is 0 Å². The average Bonchev–Trinajstić information content (AvgIpc) is 2.14. The van der Waals surface area contributed by atoms with Gasteiger partial charge in [0.1, 0.15) is 5.75 Å². The number of rotatable bonds is 1. The van der Waals surface area contributed by atoms with E-state index < -0.39 is 5.54 Å². The van der Waals surface area contributed by atoms with Crippen LogP contribution < -0.4 is 10.5 Å². The summed E-state index contributed by atoms with van der Waals surface area (Å²) in [4.78, 5) is 3.99. The molecule has 74 valence electrons. The number of nitrogens with two attached hydrogens (primary N) is 1. The molecule has 0 spiro atoms. The van der Waals surface area contributed by atoms with Crippen molar-refractivity contribution in [3.8, 4) is 17.6 Å². The van der Waals surface area contributed by atoms with E-state index in [4.69, 9.17) is 10.5 Å². The Bertz CT molecular complexity index is 369. The molecular weight excluding hydrogens is 176 g/mol. The first kappa shape index (κ1) is 10.6. The molecule has 3 heteroatoms. The zero-order valence-electron chi connectivity index (χ0n) is 8.66. The summed E-state index contributed by atoms with van der Waals surface area (Å²) < 4.78 is 5.03. The molecule has 0 aliphatic heterocycles. The zero-order valence-corrected chi connectivity index (χ0v) is 8.66. The summed E-state index contributed by atoms with van der Waals surface area (Å²) >= 11 is 0. The lowest BCUT2D eigenvalue weighted by molar-refractivity contribution is 0.413. The number of methoxy groups -OCH3 is 1. The molecule has 3 nitrogen and oxygen atoms in total. The minimum atomic E-state index is -0.483. The first-order valence-corrected chi connectivity index (χ1v) is 4.32. The fourth-order valence-corrected chi connectivity index (χ4v) is 0.832. The largest absolute Gasteiger partial charge is 0.495 e. The van der Waals surface area contributed by atoms with Crippen molar-refractivity contribution in [1.29, 1.82) is 0 Å². The maximum atomic E-state index is 5.73. The molecule has 1 rings (SSSR count). The first-order chi connectivity index (χ1) is 6.51. The van der Waals surface area contributed by atoms with Crippen molar-refractivity contribution in [2.24, 2.45) is 5.73 Å². The van der Waals surface area contributed by atoms with Gasteiger partial charge in [0, 0.05) is 11.8 Å². The molecule has 0 radical (unpaired) electrons. The third-order valence-electron chi connectivity index (χ3n) is 1.48. The van der Waals surface area contributed by atoms with Crippen LogP contribution in [0.2, 0.25) is 0 Å². The van der Waals surface area contributed by atoms with Crippen LogP contribution in [0.1, 0.15) is 19.4 Å². The summed E-state index contributed by atoms with van der Waals surface area (Å²) in [6.45, 7) is 3.71. The molecule has 0 saturated heterocycles. The Morgan fingerprint density at radius 3 is 2.71 bits per heavy atom. The lowest BCUT2D eigenvalue weighted by atomic mass is 10.1. The number of hydrogen-bond donors (Lipinski definition) is 1. The van der Waals surface area contributed by atoms with Crippen molar-refractivity contribution in [3.05, 3.63) is 24.0 Å². The van der Waals surface area contributed by atoms with E-state index in [9.17, 15) is 0 Å². The second-order valence-corrected chi connectivity index (χ2v) is 3.59. The highest BCUT2D eigenvalue weighted by atomic mass is 16.5. The Hall–Kier alpha value is -1.53. The van der Waals surface area contributed by atoms with Gasteiger partial charge in [-0.3, -0.25) is 4.98 Å². The van der Waals surface area contributed by atoms with Gasteiger partial charge in [0.15, 0.2) is 0 Å². The van der Waals surface area contributed by atoms with Crippen LogP contribution in [0.4, 0.5) is 0 Å². The maximum absolute atomic E-state index is 5.73. The van der Waals surface area contributed by atoms with Gasteiger partial charge in [-0.1, -0.05) is 11.8 Å². The molecule has 0 atom stereocenters. The molecule has 2 N–H and O–H groups in total. The Morgan fingerprint density at radius 2 is 2.14 bits per heavy atom. The minimum Gasteiger partial charge on any atom is -0.495 e. The van der Waals surface area contributed by atoms with Crippen LogP contribution in [-0.4, -0.2) is 17.6 Å². The van der Waals surface area contributed by atoms with Gasteiger partial charge in [0.2, 0.25) is 0 Å². The SMILES string of the molecule is COc1cncc(C#CC(C)(C)N)c1. The Balaban J connectivity index is 2.90. The molecule has 1 aromatic rings. The van der Waals surface area contributed by atoms with Gasteiger partial charge in [0.25, 0.3) is 0 Å². The molecule has 14 heavy (non-hydrogen) atoms. The Labute approximate surface area is 84.3 Å². The van der Waals surface area contributed by atoms with Crippen LogP contribution in [0.25, 0.3) is 0 Å². The molecule has 0 aromatic carbocycles. The Kier molecular flexibility index (Phi) is 3.10. The highest BCUT2D eigenvalue weighted by Crippen LogP contribution is 2.09. The van der Waals surface area contributed by atoms with Crippen LogP contribution >= 0.6 is 0 Å². The molecule has 0 saturated carbocycles. The maximum Gasteiger partial charge on any atom is 0.138 e. The van der Waals surface area contributed by atoms with Crippen LogP contribution in [0.5, 0.6) is 5.75 Å². The first-order valence-electron chi connectivity index (χ1n) is 4.32. The van der Waals surface area contributed by atoms with Gasteiger partial charge < -0.3 is 10.5 Å². The zero-order chi connectivity index (χ0) is 10.6. The monoisotopic (exact) mass is 190 g/mol. The van der Waals surface area contributed by atoms with E-state index in [2.05, 4.69) is 16.8 Å². The van der Waals surface area contributed by atoms with E-state index >= 15 is 0 Å². The highest BCUT2D eigenvalue weighted by molar-refractivity contribution is 5.38. The van der Waals surface area contributed by atoms with Gasteiger partial charge in [0.05, 0.1) is 18.8 Å². The smallest absolute Gasteiger partial charge is 0.138 e. The molecule has 1 heterocycles. The number of pyridine rings is 1. The van der Waals surface area contributed by atoms with E-state index in [1.165, 1.54) is 0 Å². The highest BCUT2D eigenvalue weighted by Gasteiger charge is 2.03. The van der Waals surface area contributed by atoms with Gasteiger partial charge in [-0.05, 0) is 19.9 Å². The summed E-state index contributed by atoms with van der Waals surface area (Å²) in [6, 6.07) is 1.83. The topological polar surface area (TPSA) is 48.1 Å². The fraction of sp³-hybridized carbons (Fsp3) is 0.364. The number of hydrogen-bond acceptors (Lipinski definition) is 3. The van der Waals surface area contributed by atoms with Crippen molar-refractivity contribution in [3.63, 3.8) is 0 Å². The number of nitrogens with zero attached hydrogens (tertiary/aromatic N) is 1. The van der Waals surface area contributed by atoms with E-state index in [0.29, 0.717) is 5.75 Å². The molecule has 0 aliphatic carbocycles. The van der Waals surface area contributed by atoms with Crippen molar-refractivity contribution in [1.82, 2.24) is 4.98 Å². The second kappa shape index (κ2) is 4.12. The average molecular weight is 190 g/mol. The van der Waals surface area contributed by atoms with Crippen molar-refractivity contribution >= 4 is 0 Å². The van der Waals surface area contributed by atoms with Gasteiger partial charge >= 0.3 is 0 Å². The number of aromatic nitrogens is 1. The van der Waals surface area contributed by atoms with Crippen molar-refractivity contribution in [2.45, 2.75) is 19.4 Å². The lowest BCUT2D eigenvalue weighted by Gasteiger charge is -2.07. The quantitative estimate of drug-likeness (QED) is 0.676. The minimum absolute atomic E-state index is 0.483. The van der Waals surface area contributed by atoms with Crippen LogP contribution in [-0.2, 0) is 0 Å².